The summed E-state index contributed by atoms with van der Waals surface area (Å²) in [5.41, 5.74) is 6.23. The van der Waals surface area contributed by atoms with Crippen LogP contribution in [-0.2, 0) is 10.1 Å². The van der Waals surface area contributed by atoms with Gasteiger partial charge in [0.2, 0.25) is 5.95 Å². The van der Waals surface area contributed by atoms with Crippen molar-refractivity contribution in [3.8, 4) is 0 Å². The fraction of sp³-hybridized carbons (Fsp3) is 0.190. The van der Waals surface area contributed by atoms with E-state index in [9.17, 15) is 18.3 Å². The molecular weight excluding hydrogens is 512 g/mol. The lowest BCUT2D eigenvalue weighted by Crippen LogP contribution is -2.24. The third-order valence-corrected chi connectivity index (χ3v) is 5.92. The van der Waals surface area contributed by atoms with Gasteiger partial charge in [0.1, 0.15) is 5.69 Å². The Morgan fingerprint density at radius 2 is 1.61 bits per heavy atom. The molecule has 0 bridgehead atoms. The number of hydrogen-bond acceptors (Lipinski definition) is 11. The first-order valence-electron chi connectivity index (χ1n) is 10.4. The van der Waals surface area contributed by atoms with E-state index in [1.165, 1.54) is 30.3 Å². The summed E-state index contributed by atoms with van der Waals surface area (Å²) in [6, 6.07) is 9.04. The van der Waals surface area contributed by atoms with Crippen molar-refractivity contribution < 1.29 is 22.9 Å². The summed E-state index contributed by atoms with van der Waals surface area (Å²) < 4.78 is 31.2. The zero-order chi connectivity index (χ0) is 26.5. The first kappa shape index (κ1) is 26.6. The fourth-order valence-corrected chi connectivity index (χ4v) is 3.61. The minimum Gasteiger partial charge on any atom is -0.478 e. The summed E-state index contributed by atoms with van der Waals surface area (Å²) in [6.07, 6.45) is 0. The largest absolute Gasteiger partial charge is 0.478 e. The molecule has 3 aromatic rings. The number of carboxylic acids is 1. The van der Waals surface area contributed by atoms with Crippen LogP contribution in [0.4, 0.5) is 34.5 Å². The van der Waals surface area contributed by atoms with E-state index in [0.717, 1.165) is 12.1 Å². The number of nitrogens with zero attached hydrogens (tertiary/aromatic N) is 7. The van der Waals surface area contributed by atoms with Gasteiger partial charge in [0.15, 0.2) is 16.7 Å². The predicted molar refractivity (Wildman–Crippen MR) is 133 cm³/mol. The highest BCUT2D eigenvalue weighted by atomic mass is 35.5. The smallest absolute Gasteiger partial charge is 0.338 e. The van der Waals surface area contributed by atoms with Gasteiger partial charge in [-0.2, -0.15) is 28.6 Å². The van der Waals surface area contributed by atoms with Crippen LogP contribution >= 0.6 is 11.6 Å². The molecule has 0 saturated carbocycles. The molecular formula is C21H21ClN8O5S. The van der Waals surface area contributed by atoms with Crippen LogP contribution in [0.5, 0.6) is 0 Å². The molecule has 1 aromatic heterocycles. The Bertz CT molecular complexity index is 1420. The normalized spacial score (nSPS) is 11.9. The molecule has 0 unspecified atom stereocenters. The van der Waals surface area contributed by atoms with Crippen molar-refractivity contribution in [2.75, 3.05) is 23.7 Å². The van der Waals surface area contributed by atoms with E-state index in [4.69, 9.17) is 21.9 Å². The van der Waals surface area contributed by atoms with Crippen molar-refractivity contribution in [1.29, 1.82) is 0 Å². The molecule has 15 heteroatoms. The topological polar surface area (TPSA) is 196 Å². The van der Waals surface area contributed by atoms with Crippen LogP contribution in [0.2, 0.25) is 5.15 Å². The van der Waals surface area contributed by atoms with Crippen LogP contribution in [0.1, 0.15) is 24.2 Å². The summed E-state index contributed by atoms with van der Waals surface area (Å²) in [5, 5.41) is 25.4. The van der Waals surface area contributed by atoms with Crippen LogP contribution in [-0.4, -0.2) is 47.1 Å². The van der Waals surface area contributed by atoms with Crippen LogP contribution in [0.25, 0.3) is 0 Å². The Labute approximate surface area is 211 Å². The van der Waals surface area contributed by atoms with Crippen LogP contribution in [0.3, 0.4) is 0 Å². The number of hydrogen-bond donors (Lipinski definition) is 3. The number of aromatic carboxylic acids is 1. The van der Waals surface area contributed by atoms with E-state index in [-0.39, 0.29) is 44.2 Å². The highest BCUT2D eigenvalue weighted by Crippen LogP contribution is 2.33. The number of rotatable bonds is 9. The quantitative estimate of drug-likeness (QED) is 0.185. The number of carboxylic acid groups (broad SMARTS) is 1. The Morgan fingerprint density at radius 3 is 2.17 bits per heavy atom. The van der Waals surface area contributed by atoms with Gasteiger partial charge in [-0.05, 0) is 56.3 Å². The second-order valence-corrected chi connectivity index (χ2v) is 8.88. The molecule has 13 nitrogen and oxygen atoms in total. The van der Waals surface area contributed by atoms with Crippen molar-refractivity contribution >= 4 is 62.2 Å². The van der Waals surface area contributed by atoms with E-state index in [0.29, 0.717) is 19.0 Å². The Morgan fingerprint density at radius 1 is 1.00 bits per heavy atom. The van der Waals surface area contributed by atoms with Gasteiger partial charge >= 0.3 is 5.97 Å². The number of halogens is 1. The zero-order valence-electron chi connectivity index (χ0n) is 19.1. The molecule has 36 heavy (non-hydrogen) atoms. The van der Waals surface area contributed by atoms with Crippen molar-refractivity contribution in [2.45, 2.75) is 18.7 Å². The van der Waals surface area contributed by atoms with Gasteiger partial charge in [-0.25, -0.2) is 4.79 Å². The molecule has 0 aliphatic heterocycles. The molecule has 1 heterocycles. The van der Waals surface area contributed by atoms with E-state index in [1.807, 2.05) is 18.7 Å². The Hall–Kier alpha value is -4.01. The second kappa shape index (κ2) is 11.2. The van der Waals surface area contributed by atoms with Crippen molar-refractivity contribution in [3.05, 3.63) is 53.2 Å². The van der Waals surface area contributed by atoms with Crippen LogP contribution in [0, 0.1) is 0 Å². The Kier molecular flexibility index (Phi) is 8.24. The number of carbonyl (C=O) groups is 1. The molecule has 0 aliphatic rings. The van der Waals surface area contributed by atoms with Crippen molar-refractivity contribution in [3.63, 3.8) is 0 Å². The van der Waals surface area contributed by atoms with Gasteiger partial charge in [0, 0.05) is 13.1 Å². The minimum absolute atomic E-state index is 0.000941. The lowest BCUT2D eigenvalue weighted by Gasteiger charge is -2.19. The lowest BCUT2D eigenvalue weighted by atomic mass is 10.1. The van der Waals surface area contributed by atoms with Gasteiger partial charge in [-0.3, -0.25) is 4.55 Å². The summed E-state index contributed by atoms with van der Waals surface area (Å²) >= 11 is 6.22. The summed E-state index contributed by atoms with van der Waals surface area (Å²) in [5.74, 6) is -0.955. The van der Waals surface area contributed by atoms with Gasteiger partial charge in [0.25, 0.3) is 10.1 Å². The maximum atomic E-state index is 11.8. The number of anilines is 2. The Balaban J connectivity index is 1.87. The maximum absolute atomic E-state index is 11.8. The highest BCUT2D eigenvalue weighted by molar-refractivity contribution is 7.85. The highest BCUT2D eigenvalue weighted by Gasteiger charge is 2.16. The SMILES string of the molecule is CCN(CC)c1nc(N)c(/N=N/c2ccc(/N=N/c3ccc(S(=O)(=O)O)cc3)cc2C(=O)O)c(Cl)n1. The molecule has 188 valence electrons. The van der Waals surface area contributed by atoms with E-state index in [2.05, 4.69) is 30.4 Å². The monoisotopic (exact) mass is 532 g/mol. The predicted octanol–water partition coefficient (Wildman–Crippen LogP) is 5.33. The standard InChI is InChI=1S/C21H21ClN8O5S/c1-3-30(4-2)21-24-18(22)17(19(23)25-21)29-28-16-10-7-13(11-15(16)20(31)32)27-26-12-5-8-14(9-6-12)36(33,34)35/h5-11H,3-4H2,1-2H3,(H,31,32)(H2,23,24,25)(H,33,34,35)/b27-26+,29-28+. The number of benzene rings is 2. The average molecular weight is 533 g/mol. The number of nitrogens with two attached hydrogens (primary N) is 1. The molecule has 0 fully saturated rings. The molecule has 0 saturated heterocycles. The van der Waals surface area contributed by atoms with Crippen molar-refractivity contribution in [2.24, 2.45) is 20.5 Å². The van der Waals surface area contributed by atoms with Gasteiger partial charge in [-0.1, -0.05) is 11.6 Å². The summed E-state index contributed by atoms with van der Waals surface area (Å²) in [4.78, 5) is 21.7. The van der Waals surface area contributed by atoms with Gasteiger partial charge < -0.3 is 15.7 Å². The third kappa shape index (κ3) is 6.35. The number of aromatic nitrogens is 2. The third-order valence-electron chi connectivity index (χ3n) is 4.79. The zero-order valence-corrected chi connectivity index (χ0v) is 20.6. The first-order chi connectivity index (χ1) is 17.0. The molecule has 0 amide bonds. The van der Waals surface area contributed by atoms with Gasteiger partial charge in [-0.15, -0.1) is 10.2 Å². The van der Waals surface area contributed by atoms with E-state index < -0.39 is 16.1 Å². The second-order valence-electron chi connectivity index (χ2n) is 7.10. The number of azo groups is 2. The molecule has 2 aromatic carbocycles. The molecule has 0 spiro atoms. The van der Waals surface area contributed by atoms with Crippen LogP contribution < -0.4 is 10.6 Å². The molecule has 0 radical (unpaired) electrons. The summed E-state index contributed by atoms with van der Waals surface area (Å²) in [6.45, 7) is 5.16. The summed E-state index contributed by atoms with van der Waals surface area (Å²) in [7, 11) is -4.33. The van der Waals surface area contributed by atoms with E-state index >= 15 is 0 Å². The molecule has 0 atom stereocenters. The molecule has 3 rings (SSSR count). The van der Waals surface area contributed by atoms with Crippen molar-refractivity contribution in [1.82, 2.24) is 9.97 Å². The molecule has 4 N–H and O–H groups in total. The first-order valence-corrected chi connectivity index (χ1v) is 12.2. The minimum atomic E-state index is -4.33. The maximum Gasteiger partial charge on any atom is 0.338 e. The van der Waals surface area contributed by atoms with Crippen LogP contribution in [0.15, 0.2) is 67.8 Å². The fourth-order valence-electron chi connectivity index (χ4n) is 2.92. The molecule has 0 aliphatic carbocycles. The lowest BCUT2D eigenvalue weighted by molar-refractivity contribution is 0.0697. The number of nitrogen functional groups attached to an aromatic ring is 1. The van der Waals surface area contributed by atoms with Gasteiger partial charge in [0.05, 0.1) is 21.8 Å². The van der Waals surface area contributed by atoms with E-state index in [1.54, 1.807) is 0 Å². The average Bonchev–Trinajstić information content (AvgIpc) is 2.83.